The number of benzene rings is 1. The van der Waals surface area contributed by atoms with Crippen LogP contribution >= 0.6 is 0 Å². The average molecular weight is 517 g/mol. The van der Waals surface area contributed by atoms with Gasteiger partial charge in [-0.15, -0.1) is 4.36 Å². The van der Waals surface area contributed by atoms with Crippen molar-refractivity contribution in [3.8, 4) is 5.88 Å². The van der Waals surface area contributed by atoms with Crippen molar-refractivity contribution >= 4 is 30.6 Å². The lowest BCUT2D eigenvalue weighted by atomic mass is 9.99. The molecule has 190 valence electrons. The van der Waals surface area contributed by atoms with Gasteiger partial charge < -0.3 is 14.5 Å². The third-order valence-corrected chi connectivity index (χ3v) is 13.6. The summed E-state index contributed by atoms with van der Waals surface area (Å²) in [5.41, 5.74) is 6.02. The summed E-state index contributed by atoms with van der Waals surface area (Å²) in [5, 5.41) is 7.50. The number of carbonyl (C=O) groups is 1. The van der Waals surface area contributed by atoms with Crippen LogP contribution in [0.25, 0.3) is 0 Å². The van der Waals surface area contributed by atoms with Crippen LogP contribution in [0.2, 0.25) is 18.1 Å². The first-order valence-electron chi connectivity index (χ1n) is 12.6. The lowest BCUT2D eigenvalue weighted by molar-refractivity contribution is 0.208. The Hall–Kier alpha value is -2.17. The molecule has 0 saturated heterocycles. The minimum Gasteiger partial charge on any atom is -0.475 e. The molecule has 1 N–H and O–H groups in total. The van der Waals surface area contributed by atoms with Gasteiger partial charge in [-0.3, -0.25) is 0 Å². The van der Waals surface area contributed by atoms with Gasteiger partial charge in [0, 0.05) is 5.69 Å². The molecule has 2 aromatic rings. The van der Waals surface area contributed by atoms with Crippen LogP contribution in [-0.4, -0.2) is 41.6 Å². The molecule has 0 spiro atoms. The highest BCUT2D eigenvalue weighted by Gasteiger charge is 2.39. The van der Waals surface area contributed by atoms with Gasteiger partial charge in [0.05, 0.1) is 23.4 Å². The van der Waals surface area contributed by atoms with Crippen molar-refractivity contribution in [2.75, 3.05) is 18.5 Å². The van der Waals surface area contributed by atoms with E-state index in [0.717, 1.165) is 44.2 Å². The molecule has 2 atom stereocenters. The maximum absolute atomic E-state index is 13.1. The number of fused-ring (bicyclic) bond motifs is 3. The SMILES string of the molecule is CC(C)(C)[Si](C)(C)OC[C@H]1COc2c([SH](=O)=NC(=O)Nc3c4c(cc5c3CCC5)CCC4)cnn21. The molecule has 0 radical (unpaired) electrons. The Balaban J connectivity index is 1.31. The van der Waals surface area contributed by atoms with E-state index in [9.17, 15) is 9.00 Å². The number of nitrogens with zero attached hydrogens (tertiary/aromatic N) is 3. The highest BCUT2D eigenvalue weighted by Crippen LogP contribution is 2.40. The van der Waals surface area contributed by atoms with Crippen molar-refractivity contribution in [3.05, 3.63) is 34.5 Å². The van der Waals surface area contributed by atoms with Gasteiger partial charge in [0.2, 0.25) is 5.88 Å². The molecule has 5 rings (SSSR count). The Morgan fingerprint density at radius 2 is 1.89 bits per heavy atom. The predicted molar refractivity (Wildman–Crippen MR) is 140 cm³/mol. The summed E-state index contributed by atoms with van der Waals surface area (Å²) in [6.45, 7) is 11.9. The molecule has 0 fully saturated rings. The van der Waals surface area contributed by atoms with Crippen LogP contribution in [0.15, 0.2) is 21.5 Å². The van der Waals surface area contributed by atoms with Gasteiger partial charge in [-0.25, -0.2) is 13.7 Å². The van der Waals surface area contributed by atoms with Gasteiger partial charge in [-0.1, -0.05) is 26.8 Å². The van der Waals surface area contributed by atoms with Crippen LogP contribution in [0, 0.1) is 0 Å². The van der Waals surface area contributed by atoms with Crippen LogP contribution < -0.4 is 10.1 Å². The zero-order valence-corrected chi connectivity index (χ0v) is 23.2. The van der Waals surface area contributed by atoms with E-state index in [0.29, 0.717) is 24.0 Å². The molecule has 1 aliphatic heterocycles. The molecule has 8 nitrogen and oxygen atoms in total. The number of aromatic nitrogens is 2. The van der Waals surface area contributed by atoms with E-state index in [1.54, 1.807) is 4.68 Å². The maximum atomic E-state index is 13.1. The topological polar surface area (TPSA) is 94.8 Å². The lowest BCUT2D eigenvalue weighted by Crippen LogP contribution is -2.42. The third-order valence-electron chi connectivity index (χ3n) is 8.03. The molecule has 1 aromatic carbocycles. The zero-order chi connectivity index (χ0) is 25.0. The third kappa shape index (κ3) is 4.56. The number of aryl methyl sites for hydroxylation is 2. The first-order valence-corrected chi connectivity index (χ1v) is 16.7. The highest BCUT2D eigenvalue weighted by atomic mass is 32.2. The average Bonchev–Trinajstić information content (AvgIpc) is 3.55. The summed E-state index contributed by atoms with van der Waals surface area (Å²) in [7, 11) is -4.24. The van der Waals surface area contributed by atoms with E-state index in [1.165, 1.54) is 28.5 Å². The molecule has 0 bridgehead atoms. The standard InChI is InChI=1S/C25H36N4O4SSi/c1-25(2,3)35(4,5)33-15-18-14-32-23-21(13-26-29(18)23)34(31)28-24(30)27-22-19-10-6-8-16(19)12-17-9-7-11-20(17)22/h12-13,18,34H,6-11,14-15H2,1-5H3,(H,27,30)/t18-/m1/s1. The van der Waals surface area contributed by atoms with Crippen molar-refractivity contribution in [2.24, 2.45) is 4.36 Å². The monoisotopic (exact) mass is 516 g/mol. The summed E-state index contributed by atoms with van der Waals surface area (Å²) in [6.07, 6.45) is 7.75. The predicted octanol–water partition coefficient (Wildman–Crippen LogP) is 5.07. The van der Waals surface area contributed by atoms with Gasteiger partial charge >= 0.3 is 6.03 Å². The number of anilines is 1. The first kappa shape index (κ1) is 24.5. The van der Waals surface area contributed by atoms with Crippen molar-refractivity contribution in [1.29, 1.82) is 0 Å². The number of rotatable bonds is 5. The largest absolute Gasteiger partial charge is 0.475 e. The zero-order valence-electron chi connectivity index (χ0n) is 21.3. The fourth-order valence-corrected chi connectivity index (χ4v) is 6.84. The minimum atomic E-state index is -2.34. The molecule has 1 aromatic heterocycles. The summed E-state index contributed by atoms with van der Waals surface area (Å²) >= 11 is 0. The number of amides is 2. The maximum Gasteiger partial charge on any atom is 0.353 e. The van der Waals surface area contributed by atoms with Gasteiger partial charge in [0.1, 0.15) is 17.5 Å². The van der Waals surface area contributed by atoms with E-state index in [4.69, 9.17) is 9.16 Å². The fraction of sp³-hybridized carbons (Fsp3) is 0.600. The second-order valence-corrected chi connectivity index (χ2v) is 17.4. The number of thiol groups is 1. The molecule has 35 heavy (non-hydrogen) atoms. The number of hydrogen-bond donors (Lipinski definition) is 2. The van der Waals surface area contributed by atoms with Gasteiger partial charge in [-0.2, -0.15) is 5.10 Å². The number of ether oxygens (including phenoxy) is 1. The van der Waals surface area contributed by atoms with Crippen LogP contribution in [0.1, 0.15) is 61.9 Å². The number of carbonyl (C=O) groups excluding carboxylic acids is 1. The Morgan fingerprint density at radius 3 is 2.51 bits per heavy atom. The Kier molecular flexibility index (Phi) is 6.34. The molecule has 0 saturated carbocycles. The van der Waals surface area contributed by atoms with E-state index in [2.05, 4.69) is 54.7 Å². The summed E-state index contributed by atoms with van der Waals surface area (Å²) in [4.78, 5) is 13.2. The Morgan fingerprint density at radius 1 is 1.23 bits per heavy atom. The number of nitrogens with one attached hydrogen (secondary N) is 1. The van der Waals surface area contributed by atoms with Crippen molar-refractivity contribution in [1.82, 2.24) is 9.78 Å². The Bertz CT molecular complexity index is 1220. The smallest absolute Gasteiger partial charge is 0.353 e. The van der Waals surface area contributed by atoms with Crippen molar-refractivity contribution in [3.63, 3.8) is 0 Å². The molecule has 10 heteroatoms. The van der Waals surface area contributed by atoms with Gasteiger partial charge in [-0.05, 0) is 78.9 Å². The van der Waals surface area contributed by atoms with Crippen molar-refractivity contribution in [2.45, 2.75) is 88.4 Å². The van der Waals surface area contributed by atoms with Gasteiger partial charge in [0.25, 0.3) is 0 Å². The second kappa shape index (κ2) is 9.04. The summed E-state index contributed by atoms with van der Waals surface area (Å²) in [6, 6.07) is 1.66. The molecule has 2 amide bonds. The molecule has 2 aliphatic carbocycles. The summed E-state index contributed by atoms with van der Waals surface area (Å²) in [5.74, 6) is 0.424. The number of hydrogen-bond acceptors (Lipinski definition) is 5. The van der Waals surface area contributed by atoms with Crippen LogP contribution in [-0.2, 0) is 40.7 Å². The fourth-order valence-electron chi connectivity index (χ4n) is 4.99. The molecule has 2 heterocycles. The van der Waals surface area contributed by atoms with Gasteiger partial charge in [0.15, 0.2) is 8.32 Å². The lowest BCUT2D eigenvalue weighted by Gasteiger charge is -2.36. The molecule has 1 unspecified atom stereocenters. The highest BCUT2D eigenvalue weighted by molar-refractivity contribution is 7.75. The molecule has 3 aliphatic rings. The quantitative estimate of drug-likeness (QED) is 0.427. The van der Waals surface area contributed by atoms with E-state index in [1.807, 2.05) is 0 Å². The second-order valence-electron chi connectivity index (χ2n) is 11.4. The normalized spacial score (nSPS) is 19.9. The van der Waals surface area contributed by atoms with E-state index >= 15 is 0 Å². The first-order chi connectivity index (χ1) is 16.5. The van der Waals surface area contributed by atoms with Crippen LogP contribution in [0.4, 0.5) is 10.5 Å². The van der Waals surface area contributed by atoms with Crippen LogP contribution in [0.3, 0.4) is 0 Å². The van der Waals surface area contributed by atoms with E-state index < -0.39 is 24.9 Å². The van der Waals surface area contributed by atoms with Crippen molar-refractivity contribution < 1.29 is 18.2 Å². The molecular formula is C25H36N4O4SSi. The molecular weight excluding hydrogens is 480 g/mol. The van der Waals surface area contributed by atoms with Crippen LogP contribution in [0.5, 0.6) is 5.88 Å². The van der Waals surface area contributed by atoms with E-state index in [-0.39, 0.29) is 11.1 Å². The Labute approximate surface area is 210 Å². The minimum absolute atomic E-state index is 0.0837. The number of urea groups is 1. The summed E-state index contributed by atoms with van der Waals surface area (Å²) < 4.78 is 30.9.